The van der Waals surface area contributed by atoms with E-state index in [1.54, 1.807) is 0 Å². The highest BCUT2D eigenvalue weighted by atomic mass is 16.5. The molecule has 2 aromatic heterocycles. The number of nitrogens with zero attached hydrogens (tertiary/aromatic N) is 4. The Morgan fingerprint density at radius 3 is 3.00 bits per heavy atom. The summed E-state index contributed by atoms with van der Waals surface area (Å²) in [6, 6.07) is 8.30. The van der Waals surface area contributed by atoms with Crippen LogP contribution in [0, 0.1) is 6.92 Å². The lowest BCUT2D eigenvalue weighted by Crippen LogP contribution is -2.47. The topological polar surface area (TPSA) is 66.7 Å². The Labute approximate surface area is 171 Å². The van der Waals surface area contributed by atoms with Crippen LogP contribution in [0.2, 0.25) is 0 Å². The second-order valence-corrected chi connectivity index (χ2v) is 8.78. The maximum Gasteiger partial charge on any atom is 0.165 e. The highest BCUT2D eigenvalue weighted by Crippen LogP contribution is 2.31. The van der Waals surface area contributed by atoms with Gasteiger partial charge in [-0.15, -0.1) is 0 Å². The number of anilines is 1. The van der Waals surface area contributed by atoms with Crippen LogP contribution >= 0.6 is 0 Å². The van der Waals surface area contributed by atoms with Crippen molar-refractivity contribution in [3.8, 4) is 16.9 Å². The number of fused-ring (bicyclic) bond motifs is 6. The third kappa shape index (κ3) is 3.68. The molecule has 2 N–H and O–H groups in total. The van der Waals surface area contributed by atoms with Gasteiger partial charge in [0.05, 0.1) is 6.20 Å². The van der Waals surface area contributed by atoms with E-state index in [1.165, 1.54) is 5.56 Å². The smallest absolute Gasteiger partial charge is 0.165 e. The van der Waals surface area contributed by atoms with Crippen molar-refractivity contribution in [2.75, 3.05) is 38.0 Å². The zero-order valence-electron chi connectivity index (χ0n) is 17.3. The van der Waals surface area contributed by atoms with Gasteiger partial charge in [0.25, 0.3) is 0 Å². The fraction of sp³-hybridized carbons (Fsp3) is 0.455. The fourth-order valence-electron chi connectivity index (χ4n) is 4.33. The van der Waals surface area contributed by atoms with Gasteiger partial charge in [0, 0.05) is 50.0 Å². The van der Waals surface area contributed by atoms with Gasteiger partial charge < -0.3 is 15.4 Å². The van der Waals surface area contributed by atoms with Crippen LogP contribution in [-0.2, 0) is 0 Å². The van der Waals surface area contributed by atoms with E-state index < -0.39 is 0 Å². The van der Waals surface area contributed by atoms with Gasteiger partial charge in [-0.3, -0.25) is 4.90 Å². The molecule has 0 amide bonds. The molecule has 2 aliphatic heterocycles. The summed E-state index contributed by atoms with van der Waals surface area (Å²) in [4.78, 5) is 7.32. The van der Waals surface area contributed by atoms with E-state index in [1.807, 2.05) is 23.0 Å². The van der Waals surface area contributed by atoms with Gasteiger partial charge >= 0.3 is 0 Å². The summed E-state index contributed by atoms with van der Waals surface area (Å²) in [5.41, 5.74) is 4.22. The third-order valence-electron chi connectivity index (χ3n) is 5.79. The Hall–Kier alpha value is -2.64. The molecule has 1 saturated heterocycles. The Morgan fingerprint density at radius 1 is 1.21 bits per heavy atom. The van der Waals surface area contributed by atoms with Crippen molar-refractivity contribution in [2.45, 2.75) is 32.4 Å². The molecule has 5 rings (SSSR count). The van der Waals surface area contributed by atoms with Crippen LogP contribution in [-0.4, -0.2) is 63.9 Å². The highest BCUT2D eigenvalue weighted by Gasteiger charge is 2.29. The molecule has 2 aliphatic rings. The van der Waals surface area contributed by atoms with Crippen LogP contribution in [0.25, 0.3) is 16.8 Å². The zero-order chi connectivity index (χ0) is 20.0. The van der Waals surface area contributed by atoms with Gasteiger partial charge in [-0.05, 0) is 50.1 Å². The molecule has 6 bridgehead atoms. The van der Waals surface area contributed by atoms with Gasteiger partial charge in [-0.1, -0.05) is 6.07 Å². The lowest BCUT2D eigenvalue weighted by atomic mass is 10.0. The molecule has 3 aromatic rings. The van der Waals surface area contributed by atoms with Crippen molar-refractivity contribution in [3.05, 3.63) is 42.2 Å². The number of nitrogens with one attached hydrogen (secondary N) is 2. The first-order valence-electron chi connectivity index (χ1n) is 10.3. The van der Waals surface area contributed by atoms with Crippen LogP contribution < -0.4 is 15.4 Å². The van der Waals surface area contributed by atoms with Crippen LogP contribution in [0.1, 0.15) is 19.4 Å². The molecule has 0 saturated carbocycles. The Balaban J connectivity index is 1.60. The molecular weight excluding hydrogens is 364 g/mol. The van der Waals surface area contributed by atoms with Gasteiger partial charge in [-0.2, -0.15) is 5.10 Å². The number of aromatic nitrogens is 3. The SMILES string of the molecule is Cc1ccc2cc1-c1cnn3ccc(nc13)NCCN1C[C@@H](CNC(C)(C)C1)O2. The van der Waals surface area contributed by atoms with Crippen LogP contribution in [0.15, 0.2) is 36.7 Å². The second-order valence-electron chi connectivity index (χ2n) is 8.78. The van der Waals surface area contributed by atoms with Gasteiger partial charge in [0.1, 0.15) is 17.7 Å². The lowest BCUT2D eigenvalue weighted by Gasteiger charge is -2.30. The molecular formula is C22H28N6O. The molecule has 1 fully saturated rings. The molecule has 0 radical (unpaired) electrons. The van der Waals surface area contributed by atoms with Crippen LogP contribution in [0.5, 0.6) is 5.75 Å². The monoisotopic (exact) mass is 392 g/mol. The molecule has 0 spiro atoms. The molecule has 1 aromatic carbocycles. The van der Waals surface area contributed by atoms with E-state index in [2.05, 4.69) is 59.6 Å². The number of ether oxygens (including phenoxy) is 1. The molecule has 7 nitrogen and oxygen atoms in total. The van der Waals surface area contributed by atoms with Crippen molar-refractivity contribution in [3.63, 3.8) is 0 Å². The van der Waals surface area contributed by atoms with Crippen LogP contribution in [0.3, 0.4) is 0 Å². The van der Waals surface area contributed by atoms with Crippen molar-refractivity contribution >= 4 is 11.5 Å². The highest BCUT2D eigenvalue weighted by molar-refractivity contribution is 5.80. The van der Waals surface area contributed by atoms with Gasteiger partial charge in [0.2, 0.25) is 0 Å². The van der Waals surface area contributed by atoms with Crippen molar-refractivity contribution in [2.24, 2.45) is 0 Å². The first-order chi connectivity index (χ1) is 14.0. The standard InChI is InChI=1S/C22H28N6O/c1-15-4-5-16-10-18(15)19-12-25-28-8-6-20(26-21(19)28)23-7-9-27-13-17(29-16)11-24-22(2,3)14-27/h4-6,8,10,12,17,24H,7,9,11,13-14H2,1-3H3,(H,23,26)/t17-/m1/s1. The maximum atomic E-state index is 6.45. The van der Waals surface area contributed by atoms with Crippen molar-refractivity contribution in [1.82, 2.24) is 24.8 Å². The summed E-state index contributed by atoms with van der Waals surface area (Å²) >= 11 is 0. The second kappa shape index (κ2) is 7.00. The predicted molar refractivity (Wildman–Crippen MR) is 115 cm³/mol. The van der Waals surface area contributed by atoms with Gasteiger partial charge in [-0.25, -0.2) is 9.50 Å². The third-order valence-corrected chi connectivity index (χ3v) is 5.79. The number of aryl methyl sites for hydroxylation is 1. The Kier molecular flexibility index (Phi) is 4.44. The Bertz CT molecular complexity index is 1040. The summed E-state index contributed by atoms with van der Waals surface area (Å²) in [5, 5.41) is 11.7. The van der Waals surface area contributed by atoms with Crippen molar-refractivity contribution in [1.29, 1.82) is 0 Å². The largest absolute Gasteiger partial charge is 0.488 e. The molecule has 4 heterocycles. The van der Waals surface area contributed by atoms with E-state index in [9.17, 15) is 0 Å². The van der Waals surface area contributed by atoms with Crippen LogP contribution in [0.4, 0.5) is 5.82 Å². The first kappa shape index (κ1) is 18.4. The minimum atomic E-state index is 0.0481. The van der Waals surface area contributed by atoms with E-state index in [-0.39, 0.29) is 11.6 Å². The predicted octanol–water partition coefficient (Wildman–Crippen LogP) is 2.56. The number of benzene rings is 1. The van der Waals surface area contributed by atoms with E-state index in [0.29, 0.717) is 0 Å². The molecule has 29 heavy (non-hydrogen) atoms. The average molecular weight is 393 g/mol. The minimum Gasteiger partial charge on any atom is -0.488 e. The average Bonchev–Trinajstić information content (AvgIpc) is 3.03. The quantitative estimate of drug-likeness (QED) is 0.613. The number of hydrogen-bond acceptors (Lipinski definition) is 6. The van der Waals surface area contributed by atoms with E-state index in [0.717, 1.165) is 61.1 Å². The summed E-state index contributed by atoms with van der Waals surface area (Å²) in [6.07, 6.45) is 3.95. The van der Waals surface area contributed by atoms with Gasteiger partial charge in [0.15, 0.2) is 5.65 Å². The molecule has 7 heteroatoms. The normalized spacial score (nSPS) is 23.7. The number of rotatable bonds is 0. The summed E-state index contributed by atoms with van der Waals surface area (Å²) in [7, 11) is 0. The zero-order valence-corrected chi connectivity index (χ0v) is 17.3. The molecule has 0 aliphatic carbocycles. The van der Waals surface area contributed by atoms with E-state index in [4.69, 9.17) is 9.72 Å². The summed E-state index contributed by atoms with van der Waals surface area (Å²) in [6.45, 7) is 11.1. The minimum absolute atomic E-state index is 0.0481. The van der Waals surface area contributed by atoms with E-state index >= 15 is 0 Å². The summed E-state index contributed by atoms with van der Waals surface area (Å²) < 4.78 is 8.28. The fourth-order valence-corrected chi connectivity index (χ4v) is 4.33. The first-order valence-corrected chi connectivity index (χ1v) is 10.3. The lowest BCUT2D eigenvalue weighted by molar-refractivity contribution is 0.151. The summed E-state index contributed by atoms with van der Waals surface area (Å²) in [5.74, 6) is 1.77. The molecule has 1 unspecified atom stereocenters. The molecule has 152 valence electrons. The number of hydrogen-bond donors (Lipinski definition) is 2. The maximum absolute atomic E-state index is 6.45. The molecule has 2 atom stereocenters. The van der Waals surface area contributed by atoms with Crippen molar-refractivity contribution < 1.29 is 4.74 Å². The Morgan fingerprint density at radius 2 is 2.10 bits per heavy atom.